The van der Waals surface area contributed by atoms with Gasteiger partial charge in [0, 0.05) is 10.9 Å². The summed E-state index contributed by atoms with van der Waals surface area (Å²) in [5, 5.41) is 5.21. The van der Waals surface area contributed by atoms with Crippen LogP contribution in [0, 0.1) is 12.8 Å². The number of thioether (sulfide) groups is 1. The van der Waals surface area contributed by atoms with Crippen LogP contribution in [0.3, 0.4) is 0 Å². The van der Waals surface area contributed by atoms with Crippen molar-refractivity contribution in [2.45, 2.75) is 25.0 Å². The van der Waals surface area contributed by atoms with Gasteiger partial charge in [0.15, 0.2) is 5.17 Å². The van der Waals surface area contributed by atoms with Crippen LogP contribution in [0.4, 0.5) is 5.69 Å². The maximum absolute atomic E-state index is 5.21. The number of hydrogen-bond donors (Lipinski definition) is 1. The third-order valence-electron chi connectivity index (χ3n) is 3.50. The van der Waals surface area contributed by atoms with Gasteiger partial charge in [-0.1, -0.05) is 11.8 Å². The van der Waals surface area contributed by atoms with Gasteiger partial charge < -0.3 is 10.1 Å². The van der Waals surface area contributed by atoms with Crippen molar-refractivity contribution in [2.24, 2.45) is 10.9 Å². The fourth-order valence-electron chi connectivity index (χ4n) is 2.19. The van der Waals surface area contributed by atoms with Crippen molar-refractivity contribution in [1.29, 1.82) is 0 Å². The quantitative estimate of drug-likeness (QED) is 0.907. The lowest BCUT2D eigenvalue weighted by Crippen LogP contribution is -2.09. The van der Waals surface area contributed by atoms with Gasteiger partial charge in [-0.2, -0.15) is 0 Å². The number of aliphatic imine (C=N–C) groups is 1. The van der Waals surface area contributed by atoms with Crippen molar-refractivity contribution < 1.29 is 4.74 Å². The smallest absolute Gasteiger partial charge is 0.161 e. The van der Waals surface area contributed by atoms with E-state index in [9.17, 15) is 0 Å². The van der Waals surface area contributed by atoms with Gasteiger partial charge in [-0.05, 0) is 49.4 Å². The number of nitrogens with one attached hydrogen (secondary N) is 1. The average Bonchev–Trinajstić information content (AvgIpc) is 3.13. The Kier molecular flexibility index (Phi) is 3.20. The molecule has 3 rings (SSSR count). The Morgan fingerprint density at radius 2 is 2.22 bits per heavy atom. The van der Waals surface area contributed by atoms with Gasteiger partial charge in [-0.25, -0.2) is 0 Å². The molecule has 1 N–H and O–H groups in total. The molecule has 1 aromatic carbocycles. The van der Waals surface area contributed by atoms with Crippen molar-refractivity contribution in [1.82, 2.24) is 0 Å². The van der Waals surface area contributed by atoms with Crippen LogP contribution in [0.1, 0.15) is 18.4 Å². The molecule has 1 saturated carbocycles. The first-order chi connectivity index (χ1) is 8.76. The van der Waals surface area contributed by atoms with E-state index in [0.29, 0.717) is 5.25 Å². The Labute approximate surface area is 112 Å². The second-order valence-electron chi connectivity index (χ2n) is 4.95. The van der Waals surface area contributed by atoms with Crippen molar-refractivity contribution in [3.63, 3.8) is 0 Å². The first kappa shape index (κ1) is 11.9. The van der Waals surface area contributed by atoms with E-state index in [2.05, 4.69) is 23.3 Å². The van der Waals surface area contributed by atoms with Crippen LogP contribution in [0.2, 0.25) is 0 Å². The van der Waals surface area contributed by atoms with E-state index < -0.39 is 0 Å². The second-order valence-corrected chi connectivity index (χ2v) is 6.17. The molecule has 1 heterocycles. The van der Waals surface area contributed by atoms with E-state index in [1.54, 1.807) is 7.11 Å². The molecule has 0 aromatic heterocycles. The summed E-state index contributed by atoms with van der Waals surface area (Å²) in [6.07, 6.45) is 2.78. The molecular formula is C14H18N2OS. The molecule has 0 saturated heterocycles. The molecule has 4 heteroatoms. The van der Waals surface area contributed by atoms with Crippen LogP contribution in [0.5, 0.6) is 5.75 Å². The highest BCUT2D eigenvalue weighted by Gasteiger charge is 2.35. The molecule has 1 aliphatic heterocycles. The van der Waals surface area contributed by atoms with Crippen LogP contribution in [0.15, 0.2) is 23.2 Å². The molecule has 96 valence electrons. The summed E-state index contributed by atoms with van der Waals surface area (Å²) >= 11 is 1.90. The molecule has 2 aliphatic rings. The van der Waals surface area contributed by atoms with Gasteiger partial charge in [-0.15, -0.1) is 0 Å². The zero-order valence-electron chi connectivity index (χ0n) is 10.8. The molecule has 0 radical (unpaired) electrons. The second kappa shape index (κ2) is 4.84. The van der Waals surface area contributed by atoms with Gasteiger partial charge in [-0.3, -0.25) is 4.99 Å². The molecule has 1 unspecified atom stereocenters. The summed E-state index contributed by atoms with van der Waals surface area (Å²) in [6.45, 7) is 3.07. The van der Waals surface area contributed by atoms with Gasteiger partial charge in [0.1, 0.15) is 5.75 Å². The van der Waals surface area contributed by atoms with Crippen molar-refractivity contribution in [3.8, 4) is 5.75 Å². The average molecular weight is 262 g/mol. The minimum absolute atomic E-state index is 0.714. The predicted octanol–water partition coefficient (Wildman–Crippen LogP) is 3.30. The third kappa shape index (κ3) is 2.48. The monoisotopic (exact) mass is 262 g/mol. The zero-order chi connectivity index (χ0) is 12.5. The summed E-state index contributed by atoms with van der Waals surface area (Å²) in [7, 11) is 1.69. The number of aryl methyl sites for hydroxylation is 1. The highest BCUT2D eigenvalue weighted by molar-refractivity contribution is 8.15. The molecular weight excluding hydrogens is 244 g/mol. The fraction of sp³-hybridized carbons (Fsp3) is 0.500. The summed E-state index contributed by atoms with van der Waals surface area (Å²) < 4.78 is 5.21. The summed E-state index contributed by atoms with van der Waals surface area (Å²) in [5.41, 5.74) is 2.31. The number of amidine groups is 1. The number of nitrogens with zero attached hydrogens (tertiary/aromatic N) is 1. The van der Waals surface area contributed by atoms with Crippen LogP contribution >= 0.6 is 11.8 Å². The Bertz CT molecular complexity index is 483. The van der Waals surface area contributed by atoms with E-state index in [4.69, 9.17) is 4.74 Å². The Morgan fingerprint density at radius 3 is 2.89 bits per heavy atom. The van der Waals surface area contributed by atoms with Crippen molar-refractivity contribution in [2.75, 3.05) is 19.0 Å². The number of ether oxygens (including phenoxy) is 1. The van der Waals surface area contributed by atoms with E-state index in [1.165, 1.54) is 18.4 Å². The number of hydrogen-bond acceptors (Lipinski definition) is 4. The molecule has 0 spiro atoms. The van der Waals surface area contributed by atoms with Crippen LogP contribution in [-0.2, 0) is 0 Å². The Balaban J connectivity index is 1.65. The minimum atomic E-state index is 0.714. The summed E-state index contributed by atoms with van der Waals surface area (Å²) in [5.74, 6) is 1.81. The van der Waals surface area contributed by atoms with Crippen LogP contribution in [-0.4, -0.2) is 24.1 Å². The molecule has 1 aromatic rings. The van der Waals surface area contributed by atoms with E-state index in [0.717, 1.165) is 29.1 Å². The Morgan fingerprint density at radius 1 is 1.39 bits per heavy atom. The number of rotatable bonds is 3. The maximum atomic E-state index is 5.21. The SMILES string of the molecule is COc1ccc(NC2=NCC(C3CC3)S2)c(C)c1. The first-order valence-corrected chi connectivity index (χ1v) is 7.27. The lowest BCUT2D eigenvalue weighted by atomic mass is 10.2. The van der Waals surface area contributed by atoms with Gasteiger partial charge in [0.05, 0.1) is 13.7 Å². The predicted molar refractivity (Wildman–Crippen MR) is 77.8 cm³/mol. The van der Waals surface area contributed by atoms with Gasteiger partial charge in [0.25, 0.3) is 0 Å². The van der Waals surface area contributed by atoms with E-state index in [-0.39, 0.29) is 0 Å². The number of benzene rings is 1. The zero-order valence-corrected chi connectivity index (χ0v) is 11.6. The fourth-order valence-corrected chi connectivity index (χ4v) is 3.41. The standard InChI is InChI=1S/C14H18N2OS/c1-9-7-11(17-2)5-6-12(9)16-14-15-8-13(18-14)10-3-4-10/h5-7,10,13H,3-4,8H2,1-2H3,(H,15,16). The van der Waals surface area contributed by atoms with Gasteiger partial charge in [0.2, 0.25) is 0 Å². The highest BCUT2D eigenvalue weighted by Crippen LogP contribution is 2.42. The lowest BCUT2D eigenvalue weighted by molar-refractivity contribution is 0.414. The number of anilines is 1. The molecule has 0 bridgehead atoms. The molecule has 18 heavy (non-hydrogen) atoms. The van der Waals surface area contributed by atoms with E-state index >= 15 is 0 Å². The molecule has 0 amide bonds. The topological polar surface area (TPSA) is 33.6 Å². The summed E-state index contributed by atoms with van der Waals surface area (Å²) in [6, 6.07) is 6.08. The van der Waals surface area contributed by atoms with Crippen molar-refractivity contribution in [3.05, 3.63) is 23.8 Å². The normalized spacial score (nSPS) is 22.8. The molecule has 1 aliphatic carbocycles. The molecule has 3 nitrogen and oxygen atoms in total. The molecule has 1 atom stereocenters. The van der Waals surface area contributed by atoms with Crippen molar-refractivity contribution >= 4 is 22.6 Å². The van der Waals surface area contributed by atoms with E-state index in [1.807, 2.05) is 23.9 Å². The third-order valence-corrected chi connectivity index (χ3v) is 4.79. The Hall–Kier alpha value is -1.16. The minimum Gasteiger partial charge on any atom is -0.497 e. The maximum Gasteiger partial charge on any atom is 0.161 e. The van der Waals surface area contributed by atoms with Crippen LogP contribution < -0.4 is 10.1 Å². The summed E-state index contributed by atoms with van der Waals surface area (Å²) in [4.78, 5) is 4.59. The first-order valence-electron chi connectivity index (χ1n) is 6.39. The lowest BCUT2D eigenvalue weighted by Gasteiger charge is -2.11. The number of methoxy groups -OCH3 is 1. The largest absolute Gasteiger partial charge is 0.497 e. The highest BCUT2D eigenvalue weighted by atomic mass is 32.2. The molecule has 1 fully saturated rings. The van der Waals surface area contributed by atoms with Gasteiger partial charge >= 0.3 is 0 Å². The van der Waals surface area contributed by atoms with Crippen LogP contribution in [0.25, 0.3) is 0 Å².